The topological polar surface area (TPSA) is 62.3 Å². The fourth-order valence-corrected chi connectivity index (χ4v) is 3.11. The van der Waals surface area contributed by atoms with Crippen LogP contribution in [0.5, 0.6) is 0 Å². The number of carbonyl (C=O) groups is 2. The second-order valence-electron chi connectivity index (χ2n) is 4.93. The van der Waals surface area contributed by atoms with Crippen molar-refractivity contribution < 1.29 is 9.59 Å². The van der Waals surface area contributed by atoms with E-state index in [2.05, 4.69) is 26.2 Å². The van der Waals surface area contributed by atoms with Crippen LogP contribution in [0.15, 0.2) is 22.9 Å². The minimum Gasteiger partial charge on any atom is -0.354 e. The maximum atomic E-state index is 12.5. The smallest absolute Gasteiger partial charge is 0.255 e. The minimum absolute atomic E-state index is 0.00241. The molecule has 3 heterocycles. The van der Waals surface area contributed by atoms with Crippen molar-refractivity contribution in [1.82, 2.24) is 15.2 Å². The first kappa shape index (κ1) is 12.6. The van der Waals surface area contributed by atoms with Crippen LogP contribution >= 0.6 is 15.9 Å². The molecule has 6 heteroatoms. The number of hydrogen-bond acceptors (Lipinski definition) is 3. The lowest BCUT2D eigenvalue weighted by atomic mass is 9.91. The molecule has 2 amide bonds. The van der Waals surface area contributed by atoms with Gasteiger partial charge in [0.2, 0.25) is 5.91 Å². The zero-order valence-corrected chi connectivity index (χ0v) is 11.9. The summed E-state index contributed by atoms with van der Waals surface area (Å²) in [4.78, 5) is 30.1. The van der Waals surface area contributed by atoms with E-state index in [1.807, 2.05) is 4.90 Å². The number of nitrogens with one attached hydrogen (secondary N) is 1. The molecular formula is C13H14BrN3O2. The van der Waals surface area contributed by atoms with Crippen LogP contribution in [-0.2, 0) is 4.79 Å². The Hall–Kier alpha value is -1.43. The van der Waals surface area contributed by atoms with E-state index in [0.29, 0.717) is 23.3 Å². The first-order chi connectivity index (χ1) is 9.16. The fourth-order valence-electron chi connectivity index (χ4n) is 2.87. The summed E-state index contributed by atoms with van der Waals surface area (Å²) in [6.07, 6.45) is 3.32. The van der Waals surface area contributed by atoms with Gasteiger partial charge in [-0.2, -0.15) is 0 Å². The summed E-state index contributed by atoms with van der Waals surface area (Å²) in [6.45, 7) is 1.28. The predicted molar refractivity (Wildman–Crippen MR) is 72.5 cm³/mol. The molecule has 0 aromatic carbocycles. The number of rotatable bonds is 1. The normalized spacial score (nSPS) is 25.9. The van der Waals surface area contributed by atoms with Crippen LogP contribution in [0.4, 0.5) is 0 Å². The van der Waals surface area contributed by atoms with E-state index in [4.69, 9.17) is 0 Å². The summed E-state index contributed by atoms with van der Waals surface area (Å²) in [5, 5.41) is 2.85. The number of likely N-dealkylation sites (tertiary alicyclic amines) is 1. The Morgan fingerprint density at radius 2 is 2.32 bits per heavy atom. The van der Waals surface area contributed by atoms with Gasteiger partial charge in [-0.1, -0.05) is 0 Å². The molecular weight excluding hydrogens is 310 g/mol. The van der Waals surface area contributed by atoms with Gasteiger partial charge in [-0.25, -0.2) is 4.98 Å². The summed E-state index contributed by atoms with van der Waals surface area (Å²) in [7, 11) is 0. The highest BCUT2D eigenvalue weighted by molar-refractivity contribution is 9.10. The molecule has 2 aliphatic heterocycles. The van der Waals surface area contributed by atoms with Gasteiger partial charge in [0.1, 0.15) is 4.60 Å². The largest absolute Gasteiger partial charge is 0.354 e. The van der Waals surface area contributed by atoms with Crippen LogP contribution in [0, 0.1) is 5.92 Å². The Morgan fingerprint density at radius 3 is 3.05 bits per heavy atom. The maximum absolute atomic E-state index is 12.5. The SMILES string of the molecule is O=C1NCC2C1CCCN2C(=O)c1ccc(Br)nc1. The number of aromatic nitrogens is 1. The molecule has 3 rings (SSSR count). The van der Waals surface area contributed by atoms with Gasteiger partial charge in [-0.05, 0) is 40.9 Å². The van der Waals surface area contributed by atoms with Gasteiger partial charge in [0.25, 0.3) is 5.91 Å². The third-order valence-electron chi connectivity index (χ3n) is 3.84. The van der Waals surface area contributed by atoms with Crippen molar-refractivity contribution in [2.45, 2.75) is 18.9 Å². The molecule has 0 saturated carbocycles. The lowest BCUT2D eigenvalue weighted by Crippen LogP contribution is -2.48. The number of nitrogens with zero attached hydrogens (tertiary/aromatic N) is 2. The second-order valence-corrected chi connectivity index (χ2v) is 5.74. The van der Waals surface area contributed by atoms with E-state index in [0.717, 1.165) is 12.8 Å². The van der Waals surface area contributed by atoms with Gasteiger partial charge in [-0.3, -0.25) is 9.59 Å². The van der Waals surface area contributed by atoms with Gasteiger partial charge in [-0.15, -0.1) is 0 Å². The third kappa shape index (κ3) is 2.25. The average molecular weight is 324 g/mol. The first-order valence-corrected chi connectivity index (χ1v) is 7.16. The minimum atomic E-state index is -0.0406. The van der Waals surface area contributed by atoms with Gasteiger partial charge in [0.15, 0.2) is 0 Å². The Bertz CT molecular complexity index is 517. The van der Waals surface area contributed by atoms with Crippen molar-refractivity contribution in [2.24, 2.45) is 5.92 Å². The lowest BCUT2D eigenvalue weighted by Gasteiger charge is -2.35. The molecule has 100 valence electrons. The molecule has 0 aliphatic carbocycles. The molecule has 2 saturated heterocycles. The molecule has 1 aromatic heterocycles. The zero-order valence-electron chi connectivity index (χ0n) is 10.3. The Balaban J connectivity index is 1.83. The number of halogens is 1. The quantitative estimate of drug-likeness (QED) is 0.790. The fraction of sp³-hybridized carbons (Fsp3) is 0.462. The monoisotopic (exact) mass is 323 g/mol. The van der Waals surface area contributed by atoms with Crippen molar-refractivity contribution in [3.05, 3.63) is 28.5 Å². The van der Waals surface area contributed by atoms with E-state index in [-0.39, 0.29) is 23.8 Å². The third-order valence-corrected chi connectivity index (χ3v) is 4.31. The Labute approximate surface area is 119 Å². The molecule has 5 nitrogen and oxygen atoms in total. The van der Waals surface area contributed by atoms with Gasteiger partial charge >= 0.3 is 0 Å². The number of piperidine rings is 1. The highest BCUT2D eigenvalue weighted by Crippen LogP contribution is 2.28. The van der Waals surface area contributed by atoms with E-state index in [1.54, 1.807) is 18.3 Å². The van der Waals surface area contributed by atoms with Crippen LogP contribution in [0.3, 0.4) is 0 Å². The highest BCUT2D eigenvalue weighted by Gasteiger charge is 2.42. The van der Waals surface area contributed by atoms with Gasteiger partial charge in [0.05, 0.1) is 17.5 Å². The van der Waals surface area contributed by atoms with E-state index >= 15 is 0 Å². The predicted octanol–water partition coefficient (Wildman–Crippen LogP) is 1.19. The Kier molecular flexibility index (Phi) is 3.26. The molecule has 0 spiro atoms. The molecule has 1 aromatic rings. The molecule has 2 aliphatic rings. The van der Waals surface area contributed by atoms with E-state index < -0.39 is 0 Å². The van der Waals surface area contributed by atoms with Crippen LogP contribution in [-0.4, -0.2) is 40.8 Å². The summed E-state index contributed by atoms with van der Waals surface area (Å²) >= 11 is 3.25. The van der Waals surface area contributed by atoms with Crippen molar-refractivity contribution in [3.8, 4) is 0 Å². The van der Waals surface area contributed by atoms with Crippen LogP contribution in [0.25, 0.3) is 0 Å². The molecule has 0 bridgehead atoms. The molecule has 0 radical (unpaired) electrons. The Morgan fingerprint density at radius 1 is 1.47 bits per heavy atom. The van der Waals surface area contributed by atoms with Crippen molar-refractivity contribution in [3.63, 3.8) is 0 Å². The number of carbonyl (C=O) groups excluding carboxylic acids is 2. The maximum Gasteiger partial charge on any atom is 0.255 e. The van der Waals surface area contributed by atoms with Gasteiger partial charge < -0.3 is 10.2 Å². The van der Waals surface area contributed by atoms with E-state index in [9.17, 15) is 9.59 Å². The van der Waals surface area contributed by atoms with Crippen molar-refractivity contribution >= 4 is 27.7 Å². The summed E-state index contributed by atoms with van der Waals surface area (Å²) in [5.74, 6) is 0.00346. The average Bonchev–Trinajstić information content (AvgIpc) is 2.81. The first-order valence-electron chi connectivity index (χ1n) is 6.37. The highest BCUT2D eigenvalue weighted by atomic mass is 79.9. The zero-order chi connectivity index (χ0) is 13.4. The molecule has 2 fully saturated rings. The summed E-state index contributed by atoms with van der Waals surface area (Å²) in [6, 6.07) is 3.51. The number of amides is 2. The number of pyridine rings is 1. The number of hydrogen-bond donors (Lipinski definition) is 1. The molecule has 1 N–H and O–H groups in total. The van der Waals surface area contributed by atoms with Crippen molar-refractivity contribution in [1.29, 1.82) is 0 Å². The van der Waals surface area contributed by atoms with Crippen LogP contribution in [0.2, 0.25) is 0 Å². The molecule has 2 atom stereocenters. The van der Waals surface area contributed by atoms with E-state index in [1.165, 1.54) is 0 Å². The standard InChI is InChI=1S/C13H14BrN3O2/c14-11-4-3-8(6-15-11)13(19)17-5-1-2-9-10(17)7-16-12(9)18/h3-4,6,9-10H,1-2,5,7H2,(H,16,18). The summed E-state index contributed by atoms with van der Waals surface area (Å²) in [5.41, 5.74) is 0.572. The van der Waals surface area contributed by atoms with Crippen molar-refractivity contribution in [2.75, 3.05) is 13.1 Å². The number of fused-ring (bicyclic) bond motifs is 1. The second kappa shape index (κ2) is 4.92. The van der Waals surface area contributed by atoms with Gasteiger partial charge in [0, 0.05) is 19.3 Å². The molecule has 19 heavy (non-hydrogen) atoms. The van der Waals surface area contributed by atoms with Crippen LogP contribution in [0.1, 0.15) is 23.2 Å². The molecule has 2 unspecified atom stereocenters. The lowest BCUT2D eigenvalue weighted by molar-refractivity contribution is -0.123. The van der Waals surface area contributed by atoms with Crippen LogP contribution < -0.4 is 5.32 Å². The summed E-state index contributed by atoms with van der Waals surface area (Å²) < 4.78 is 0.707.